The molecule has 7 nitrogen and oxygen atoms in total. The Kier molecular flexibility index (Phi) is 7.77. The Hall–Kier alpha value is -1.74. The van der Waals surface area contributed by atoms with Crippen molar-refractivity contribution in [2.45, 2.75) is 43.7 Å². The molecule has 0 aromatic heterocycles. The van der Waals surface area contributed by atoms with E-state index in [0.29, 0.717) is 18.6 Å². The van der Waals surface area contributed by atoms with Gasteiger partial charge in [0.2, 0.25) is 0 Å². The van der Waals surface area contributed by atoms with E-state index >= 15 is 0 Å². The van der Waals surface area contributed by atoms with Gasteiger partial charge < -0.3 is 14.4 Å². The number of thioether (sulfide) groups is 1. The van der Waals surface area contributed by atoms with Crippen molar-refractivity contribution in [3.8, 4) is 5.75 Å². The molecule has 0 spiro atoms. The van der Waals surface area contributed by atoms with Crippen LogP contribution in [-0.2, 0) is 19.4 Å². The summed E-state index contributed by atoms with van der Waals surface area (Å²) in [6.45, 7) is 3.36. The van der Waals surface area contributed by atoms with E-state index in [4.69, 9.17) is 9.47 Å². The lowest BCUT2D eigenvalue weighted by molar-refractivity contribution is -0.138. The second kappa shape index (κ2) is 9.65. The van der Waals surface area contributed by atoms with Gasteiger partial charge in [0.05, 0.1) is 18.6 Å². The topological polar surface area (TPSA) is 90.0 Å². The van der Waals surface area contributed by atoms with E-state index in [1.54, 1.807) is 23.1 Å². The Morgan fingerprint density at radius 3 is 2.61 bits per heavy atom. The molecule has 1 aliphatic heterocycles. The van der Waals surface area contributed by atoms with E-state index in [2.05, 4.69) is 0 Å². The number of ether oxygens (including phenoxy) is 2. The van der Waals surface area contributed by atoms with Crippen molar-refractivity contribution < 1.29 is 27.5 Å². The highest BCUT2D eigenvalue weighted by Crippen LogP contribution is 2.26. The molecule has 0 radical (unpaired) electrons. The lowest BCUT2D eigenvalue weighted by atomic mass is 10.1. The van der Waals surface area contributed by atoms with E-state index < -0.39 is 22.4 Å². The number of hydrogen-bond donors (Lipinski definition) is 0. The highest BCUT2D eigenvalue weighted by molar-refractivity contribution is 7.98. The molecule has 2 rings (SSSR count). The third-order valence-electron chi connectivity index (χ3n) is 4.91. The maximum absolute atomic E-state index is 12.8. The molecule has 9 heteroatoms. The van der Waals surface area contributed by atoms with Crippen LogP contribution in [0.4, 0.5) is 0 Å². The highest BCUT2D eigenvalue weighted by atomic mass is 32.2. The smallest absolute Gasteiger partial charge is 0.342 e. The van der Waals surface area contributed by atoms with E-state index in [0.717, 1.165) is 4.90 Å². The zero-order chi connectivity index (χ0) is 20.9. The normalized spacial score (nSPS) is 19.1. The molecule has 1 heterocycles. The average Bonchev–Trinajstić information content (AvgIpc) is 3.04. The monoisotopic (exact) mass is 429 g/mol. The van der Waals surface area contributed by atoms with Crippen molar-refractivity contribution in [1.29, 1.82) is 0 Å². The van der Waals surface area contributed by atoms with Gasteiger partial charge in [0.15, 0.2) is 16.4 Å². The summed E-state index contributed by atoms with van der Waals surface area (Å²) in [6, 6.07) is 4.60. The zero-order valence-electron chi connectivity index (χ0n) is 16.6. The third kappa shape index (κ3) is 5.41. The fraction of sp³-hybridized carbons (Fsp3) is 0.579. The second-order valence-corrected chi connectivity index (χ2v) is 9.87. The van der Waals surface area contributed by atoms with Crippen LogP contribution < -0.4 is 4.74 Å². The number of nitrogens with zero attached hydrogens (tertiary/aromatic N) is 1. The van der Waals surface area contributed by atoms with Crippen LogP contribution in [0.1, 0.15) is 37.0 Å². The Bertz CT molecular complexity index is 824. The summed E-state index contributed by atoms with van der Waals surface area (Å²) < 4.78 is 34.1. The lowest BCUT2D eigenvalue weighted by Crippen LogP contribution is -2.48. The maximum atomic E-state index is 12.8. The van der Waals surface area contributed by atoms with Crippen LogP contribution in [0.2, 0.25) is 0 Å². The van der Waals surface area contributed by atoms with Crippen LogP contribution in [0.5, 0.6) is 5.75 Å². The summed E-state index contributed by atoms with van der Waals surface area (Å²) in [5.74, 6) is -0.618. The van der Waals surface area contributed by atoms with Gasteiger partial charge in [0.25, 0.3) is 5.91 Å². The van der Waals surface area contributed by atoms with Gasteiger partial charge in [-0.25, -0.2) is 13.2 Å². The standard InChI is InChI=1S/C19H27NO6S2/c1-5-13(2)20(14-8-9-28(23,24)12-14)18(21)11-26-19(22)16-7-6-15(27-4)10-17(16)25-3/h6-7,10,13-14H,5,8-9,11-12H2,1-4H3. The van der Waals surface area contributed by atoms with Gasteiger partial charge in [-0.2, -0.15) is 0 Å². The fourth-order valence-corrected chi connectivity index (χ4v) is 5.39. The number of sulfone groups is 1. The van der Waals surface area contributed by atoms with Crippen LogP contribution in [0.25, 0.3) is 0 Å². The number of rotatable bonds is 8. The molecule has 156 valence electrons. The van der Waals surface area contributed by atoms with Gasteiger partial charge in [-0.05, 0) is 44.2 Å². The first-order valence-corrected chi connectivity index (χ1v) is 12.2. The Morgan fingerprint density at radius 1 is 1.36 bits per heavy atom. The summed E-state index contributed by atoms with van der Waals surface area (Å²) >= 11 is 1.52. The first-order valence-electron chi connectivity index (χ1n) is 9.13. The molecule has 1 fully saturated rings. The van der Waals surface area contributed by atoms with Crippen LogP contribution >= 0.6 is 11.8 Å². The number of amides is 1. The maximum Gasteiger partial charge on any atom is 0.342 e. The molecular weight excluding hydrogens is 402 g/mol. The zero-order valence-corrected chi connectivity index (χ0v) is 18.3. The van der Waals surface area contributed by atoms with E-state index in [9.17, 15) is 18.0 Å². The van der Waals surface area contributed by atoms with Crippen molar-refractivity contribution in [3.63, 3.8) is 0 Å². The van der Waals surface area contributed by atoms with E-state index in [1.807, 2.05) is 20.1 Å². The van der Waals surface area contributed by atoms with Gasteiger partial charge in [0, 0.05) is 17.0 Å². The van der Waals surface area contributed by atoms with Crippen LogP contribution in [0, 0.1) is 0 Å². The first-order chi connectivity index (χ1) is 13.2. The lowest BCUT2D eigenvalue weighted by Gasteiger charge is -2.33. The minimum atomic E-state index is -3.13. The van der Waals surface area contributed by atoms with Crippen molar-refractivity contribution in [2.75, 3.05) is 31.5 Å². The quantitative estimate of drug-likeness (QED) is 0.463. The number of carbonyl (C=O) groups is 2. The average molecular weight is 430 g/mol. The molecular formula is C19H27NO6S2. The molecule has 0 aliphatic carbocycles. The largest absolute Gasteiger partial charge is 0.496 e. The van der Waals surface area contributed by atoms with Crippen molar-refractivity contribution in [1.82, 2.24) is 4.90 Å². The molecule has 1 amide bonds. The van der Waals surface area contributed by atoms with Gasteiger partial charge in [-0.1, -0.05) is 6.92 Å². The number of carbonyl (C=O) groups excluding carboxylic acids is 2. The molecule has 1 aromatic carbocycles. The molecule has 1 aliphatic rings. The molecule has 2 unspecified atom stereocenters. The molecule has 1 aromatic rings. The summed E-state index contributed by atoms with van der Waals surface area (Å²) in [7, 11) is -1.66. The summed E-state index contributed by atoms with van der Waals surface area (Å²) in [6.07, 6.45) is 3.01. The van der Waals surface area contributed by atoms with Crippen LogP contribution in [-0.4, -0.2) is 68.8 Å². The van der Waals surface area contributed by atoms with Crippen molar-refractivity contribution >= 4 is 33.5 Å². The van der Waals surface area contributed by atoms with Gasteiger partial charge in [-0.15, -0.1) is 11.8 Å². The third-order valence-corrected chi connectivity index (χ3v) is 7.39. The Morgan fingerprint density at radius 2 is 2.07 bits per heavy atom. The number of benzene rings is 1. The van der Waals surface area contributed by atoms with Crippen LogP contribution in [0.3, 0.4) is 0 Å². The van der Waals surface area contributed by atoms with Gasteiger partial charge in [-0.3, -0.25) is 4.79 Å². The van der Waals surface area contributed by atoms with E-state index in [1.165, 1.54) is 18.9 Å². The minimum absolute atomic E-state index is 0.0407. The van der Waals surface area contributed by atoms with E-state index in [-0.39, 0.29) is 35.1 Å². The Labute approximate surface area is 170 Å². The first kappa shape index (κ1) is 22.5. The summed E-state index contributed by atoms with van der Waals surface area (Å²) in [4.78, 5) is 27.7. The molecule has 0 saturated carbocycles. The van der Waals surface area contributed by atoms with Gasteiger partial charge in [0.1, 0.15) is 11.3 Å². The second-order valence-electron chi connectivity index (χ2n) is 6.76. The summed E-state index contributed by atoms with van der Waals surface area (Å²) in [5, 5.41) is 0. The summed E-state index contributed by atoms with van der Waals surface area (Å²) in [5.41, 5.74) is 0.242. The predicted octanol–water partition coefficient (Wildman–Crippen LogP) is 2.39. The predicted molar refractivity (Wildman–Crippen MR) is 109 cm³/mol. The highest BCUT2D eigenvalue weighted by Gasteiger charge is 2.36. The molecule has 2 atom stereocenters. The fourth-order valence-electron chi connectivity index (χ4n) is 3.25. The molecule has 1 saturated heterocycles. The van der Waals surface area contributed by atoms with Crippen LogP contribution in [0.15, 0.2) is 23.1 Å². The number of hydrogen-bond acceptors (Lipinski definition) is 7. The Balaban J connectivity index is 2.09. The minimum Gasteiger partial charge on any atom is -0.496 e. The van der Waals surface area contributed by atoms with Crippen molar-refractivity contribution in [2.24, 2.45) is 0 Å². The number of methoxy groups -OCH3 is 1. The molecule has 0 bridgehead atoms. The SMILES string of the molecule is CCC(C)N(C(=O)COC(=O)c1ccc(SC)cc1OC)C1CCS(=O)(=O)C1. The molecule has 28 heavy (non-hydrogen) atoms. The van der Waals surface area contributed by atoms with Crippen molar-refractivity contribution in [3.05, 3.63) is 23.8 Å². The van der Waals surface area contributed by atoms with Gasteiger partial charge >= 0.3 is 5.97 Å². The number of esters is 1. The molecule has 0 N–H and O–H groups in total.